The lowest BCUT2D eigenvalue weighted by Crippen LogP contribution is -2.29. The molecule has 7 nitrogen and oxygen atoms in total. The fraction of sp³-hybridized carbons (Fsp3) is 0.176. The molecule has 2 aromatic heterocycles. The highest BCUT2D eigenvalue weighted by Crippen LogP contribution is 2.31. The molecule has 0 saturated carbocycles. The van der Waals surface area contributed by atoms with E-state index in [0.29, 0.717) is 17.4 Å². The van der Waals surface area contributed by atoms with Crippen molar-refractivity contribution in [3.05, 3.63) is 63.0 Å². The largest absolute Gasteiger partial charge is 0.534 e. The Balaban J connectivity index is 2.14. The summed E-state index contributed by atoms with van der Waals surface area (Å²) < 4.78 is 71.6. The number of nitrogens with zero attached hydrogens (tertiary/aromatic N) is 2. The Hall–Kier alpha value is -2.60. The molecule has 2 heterocycles. The van der Waals surface area contributed by atoms with Crippen LogP contribution in [0.3, 0.4) is 0 Å². The summed E-state index contributed by atoms with van der Waals surface area (Å²) >= 11 is 3.07. The van der Waals surface area contributed by atoms with Crippen LogP contribution in [-0.4, -0.2) is 30.6 Å². The summed E-state index contributed by atoms with van der Waals surface area (Å²) in [4.78, 5) is 16.5. The molecule has 154 valence electrons. The van der Waals surface area contributed by atoms with Gasteiger partial charge in [0.05, 0.1) is 19.2 Å². The van der Waals surface area contributed by atoms with Crippen LogP contribution in [0.4, 0.5) is 13.2 Å². The second kappa shape index (κ2) is 7.67. The van der Waals surface area contributed by atoms with Crippen molar-refractivity contribution in [3.8, 4) is 11.5 Å². The van der Waals surface area contributed by atoms with E-state index in [2.05, 4.69) is 25.1 Å². The van der Waals surface area contributed by atoms with Gasteiger partial charge < -0.3 is 13.5 Å². The van der Waals surface area contributed by atoms with E-state index in [1.165, 1.54) is 23.8 Å². The van der Waals surface area contributed by atoms with Crippen LogP contribution in [0.5, 0.6) is 11.5 Å². The molecule has 0 radical (unpaired) electrons. The summed E-state index contributed by atoms with van der Waals surface area (Å²) in [6, 6.07) is 10.3. The quantitative estimate of drug-likeness (QED) is 0.308. The number of fused-ring (bicyclic) bond motifs is 1. The monoisotopic (exact) mass is 492 g/mol. The molecule has 0 aliphatic heterocycles. The molecule has 29 heavy (non-hydrogen) atoms. The van der Waals surface area contributed by atoms with Crippen molar-refractivity contribution in [3.63, 3.8) is 0 Å². The predicted octanol–water partition coefficient (Wildman–Crippen LogP) is 3.44. The molecule has 0 bridgehead atoms. The maximum Gasteiger partial charge on any atom is 0.534 e. The van der Waals surface area contributed by atoms with E-state index in [1.807, 2.05) is 0 Å². The number of rotatable bonds is 5. The van der Waals surface area contributed by atoms with Gasteiger partial charge in [-0.05, 0) is 45.8 Å². The van der Waals surface area contributed by atoms with E-state index in [0.717, 1.165) is 0 Å². The zero-order valence-corrected chi connectivity index (χ0v) is 17.0. The third kappa shape index (κ3) is 4.37. The predicted molar refractivity (Wildman–Crippen MR) is 101 cm³/mol. The minimum Gasteiger partial charge on any atom is -0.497 e. The minimum absolute atomic E-state index is 0.0644. The molecule has 0 fully saturated rings. The lowest BCUT2D eigenvalue weighted by atomic mass is 10.2. The molecule has 0 spiro atoms. The van der Waals surface area contributed by atoms with Crippen LogP contribution in [0.25, 0.3) is 11.0 Å². The van der Waals surface area contributed by atoms with Crippen LogP contribution in [0, 0.1) is 0 Å². The Labute approximate surface area is 171 Å². The lowest BCUT2D eigenvalue weighted by molar-refractivity contribution is -0.0499. The Morgan fingerprint density at radius 1 is 1.14 bits per heavy atom. The average Bonchev–Trinajstić information content (AvgIpc) is 2.64. The average molecular weight is 493 g/mol. The van der Waals surface area contributed by atoms with Crippen LogP contribution in [0.1, 0.15) is 5.56 Å². The zero-order chi connectivity index (χ0) is 21.4. The Kier molecular flexibility index (Phi) is 5.59. The van der Waals surface area contributed by atoms with Gasteiger partial charge in [0.2, 0.25) is 0 Å². The van der Waals surface area contributed by atoms with E-state index in [1.54, 1.807) is 24.3 Å². The first-order valence-electron chi connectivity index (χ1n) is 7.85. The molecule has 0 saturated heterocycles. The van der Waals surface area contributed by atoms with Crippen LogP contribution >= 0.6 is 15.9 Å². The van der Waals surface area contributed by atoms with E-state index < -0.39 is 26.9 Å². The lowest BCUT2D eigenvalue weighted by Gasteiger charge is -2.15. The second-order valence-corrected chi connectivity index (χ2v) is 8.12. The summed E-state index contributed by atoms with van der Waals surface area (Å²) in [5.74, 6) is -0.202. The standard InChI is InChI=1S/C17H12BrF3N2O5S/c1-27-11-4-2-10(3-5-11)9-23-12-6-7-14(18)22-16(12)13(8-15(23)24)28-29(25,26)17(19,20)21/h2-8H,9H2,1H3. The summed E-state index contributed by atoms with van der Waals surface area (Å²) in [6.45, 7) is 0.0644. The first-order chi connectivity index (χ1) is 13.5. The van der Waals surface area contributed by atoms with Gasteiger partial charge in [0.1, 0.15) is 15.9 Å². The van der Waals surface area contributed by atoms with Crippen molar-refractivity contribution in [1.82, 2.24) is 9.55 Å². The fourth-order valence-corrected chi connectivity index (χ4v) is 3.28. The van der Waals surface area contributed by atoms with E-state index in [-0.39, 0.29) is 22.2 Å². The summed E-state index contributed by atoms with van der Waals surface area (Å²) in [7, 11) is -4.46. The Bertz CT molecular complexity index is 1220. The summed E-state index contributed by atoms with van der Waals surface area (Å²) in [5.41, 5.74) is -5.83. The van der Waals surface area contributed by atoms with Crippen LogP contribution in [-0.2, 0) is 16.7 Å². The maximum atomic E-state index is 12.7. The topological polar surface area (TPSA) is 87.5 Å². The molecule has 0 atom stereocenters. The molecular formula is C17H12BrF3N2O5S. The van der Waals surface area contributed by atoms with Gasteiger partial charge in [-0.2, -0.15) is 21.6 Å². The third-order valence-corrected chi connectivity index (χ3v) is 5.28. The van der Waals surface area contributed by atoms with Gasteiger partial charge >= 0.3 is 15.6 Å². The first-order valence-corrected chi connectivity index (χ1v) is 10.1. The Morgan fingerprint density at radius 3 is 2.38 bits per heavy atom. The van der Waals surface area contributed by atoms with E-state index >= 15 is 0 Å². The van der Waals surface area contributed by atoms with Crippen molar-refractivity contribution in [2.75, 3.05) is 7.11 Å². The molecule has 1 aromatic carbocycles. The molecule has 0 unspecified atom stereocenters. The number of hydrogen-bond donors (Lipinski definition) is 0. The molecule has 3 rings (SSSR count). The molecule has 0 N–H and O–H groups in total. The van der Waals surface area contributed by atoms with Gasteiger partial charge in [-0.3, -0.25) is 4.79 Å². The van der Waals surface area contributed by atoms with Gasteiger partial charge in [0.25, 0.3) is 5.56 Å². The van der Waals surface area contributed by atoms with E-state index in [9.17, 15) is 26.4 Å². The highest BCUT2D eigenvalue weighted by molar-refractivity contribution is 9.10. The second-order valence-electron chi connectivity index (χ2n) is 5.77. The number of benzene rings is 1. The number of pyridine rings is 2. The van der Waals surface area contributed by atoms with Crippen molar-refractivity contribution in [1.29, 1.82) is 0 Å². The fourth-order valence-electron chi connectivity index (χ4n) is 2.51. The molecule has 0 aliphatic carbocycles. The normalized spacial score (nSPS) is 12.2. The van der Waals surface area contributed by atoms with Gasteiger partial charge in [-0.1, -0.05) is 12.1 Å². The number of hydrogen-bond acceptors (Lipinski definition) is 6. The van der Waals surface area contributed by atoms with Crippen LogP contribution in [0.15, 0.2) is 51.9 Å². The van der Waals surface area contributed by atoms with Crippen molar-refractivity contribution in [2.24, 2.45) is 0 Å². The molecule has 0 aliphatic rings. The number of halogens is 4. The number of aromatic nitrogens is 2. The highest BCUT2D eigenvalue weighted by atomic mass is 79.9. The minimum atomic E-state index is -5.97. The SMILES string of the molecule is COc1ccc(Cn2c(=O)cc(OS(=O)(=O)C(F)(F)F)c3nc(Br)ccc32)cc1. The smallest absolute Gasteiger partial charge is 0.497 e. The summed E-state index contributed by atoms with van der Waals surface area (Å²) in [6.07, 6.45) is 0. The maximum absolute atomic E-state index is 12.7. The van der Waals surface area contributed by atoms with E-state index in [4.69, 9.17) is 4.74 Å². The molecule has 3 aromatic rings. The third-order valence-electron chi connectivity index (χ3n) is 3.87. The number of ether oxygens (including phenoxy) is 1. The first kappa shape index (κ1) is 21.1. The zero-order valence-electron chi connectivity index (χ0n) is 14.6. The summed E-state index contributed by atoms with van der Waals surface area (Å²) in [5, 5.41) is 0. The highest BCUT2D eigenvalue weighted by Gasteiger charge is 2.49. The molecular weight excluding hydrogens is 481 g/mol. The van der Waals surface area contributed by atoms with Crippen molar-refractivity contribution >= 4 is 37.1 Å². The van der Waals surface area contributed by atoms with Gasteiger partial charge in [-0.15, -0.1) is 0 Å². The van der Waals surface area contributed by atoms with Crippen molar-refractivity contribution in [2.45, 2.75) is 12.1 Å². The van der Waals surface area contributed by atoms with Crippen LogP contribution in [0.2, 0.25) is 0 Å². The van der Waals surface area contributed by atoms with Gasteiger partial charge in [-0.25, -0.2) is 4.98 Å². The van der Waals surface area contributed by atoms with Crippen LogP contribution < -0.4 is 14.5 Å². The Morgan fingerprint density at radius 2 is 1.79 bits per heavy atom. The van der Waals surface area contributed by atoms with Gasteiger partial charge in [0, 0.05) is 6.07 Å². The molecule has 12 heteroatoms. The number of alkyl halides is 3. The van der Waals surface area contributed by atoms with Gasteiger partial charge in [0.15, 0.2) is 5.75 Å². The number of methoxy groups -OCH3 is 1. The molecule has 0 amide bonds. The van der Waals surface area contributed by atoms with Crippen molar-refractivity contribution < 1.29 is 30.5 Å².